The van der Waals surface area contributed by atoms with Crippen LogP contribution in [0.3, 0.4) is 0 Å². The van der Waals surface area contributed by atoms with E-state index in [0.717, 1.165) is 50.1 Å². The second-order valence-corrected chi connectivity index (χ2v) is 6.00. The van der Waals surface area contributed by atoms with Gasteiger partial charge in [-0.05, 0) is 25.0 Å². The zero-order chi connectivity index (χ0) is 16.1. The van der Waals surface area contributed by atoms with Crippen LogP contribution in [0.2, 0.25) is 0 Å². The summed E-state index contributed by atoms with van der Waals surface area (Å²) >= 11 is 0. The topological polar surface area (TPSA) is 59.5 Å². The maximum Gasteiger partial charge on any atom is 0.326 e. The third kappa shape index (κ3) is 3.83. The standard InChI is InChI=1S/C17H25N3O3/c1-22-12-13-23-11-10-19-8-6-14(7-9-19)20-16-5-3-2-4-15(16)18-17(20)21/h2-5,14H,6-13H2,1H3,(H,18,21). The van der Waals surface area contributed by atoms with Crippen LogP contribution >= 0.6 is 0 Å². The van der Waals surface area contributed by atoms with Crippen molar-refractivity contribution in [1.82, 2.24) is 14.5 Å². The molecule has 126 valence electrons. The molecule has 1 N–H and O–H groups in total. The molecule has 1 saturated heterocycles. The lowest BCUT2D eigenvalue weighted by molar-refractivity contribution is 0.0515. The summed E-state index contributed by atoms with van der Waals surface area (Å²) < 4.78 is 12.4. The van der Waals surface area contributed by atoms with E-state index in [4.69, 9.17) is 9.47 Å². The van der Waals surface area contributed by atoms with Crippen molar-refractivity contribution in [3.63, 3.8) is 0 Å². The molecule has 0 amide bonds. The van der Waals surface area contributed by atoms with Crippen LogP contribution in [0.4, 0.5) is 0 Å². The van der Waals surface area contributed by atoms with Crippen molar-refractivity contribution in [2.24, 2.45) is 0 Å². The van der Waals surface area contributed by atoms with E-state index in [0.29, 0.717) is 13.2 Å². The van der Waals surface area contributed by atoms with Crippen molar-refractivity contribution in [3.05, 3.63) is 34.7 Å². The number of benzene rings is 1. The molecule has 6 heteroatoms. The van der Waals surface area contributed by atoms with Crippen molar-refractivity contribution in [3.8, 4) is 0 Å². The number of nitrogens with zero attached hydrogens (tertiary/aromatic N) is 2. The molecular formula is C17H25N3O3. The van der Waals surface area contributed by atoms with Gasteiger partial charge in [-0.15, -0.1) is 0 Å². The van der Waals surface area contributed by atoms with Gasteiger partial charge >= 0.3 is 5.69 Å². The van der Waals surface area contributed by atoms with Crippen molar-refractivity contribution in [2.45, 2.75) is 18.9 Å². The highest BCUT2D eigenvalue weighted by atomic mass is 16.5. The van der Waals surface area contributed by atoms with Crippen LogP contribution in [0.5, 0.6) is 0 Å². The molecule has 1 aliphatic rings. The van der Waals surface area contributed by atoms with E-state index < -0.39 is 0 Å². The van der Waals surface area contributed by atoms with Crippen LogP contribution in [-0.2, 0) is 9.47 Å². The number of fused-ring (bicyclic) bond motifs is 1. The van der Waals surface area contributed by atoms with Gasteiger partial charge in [-0.25, -0.2) is 4.79 Å². The molecule has 1 aromatic carbocycles. The van der Waals surface area contributed by atoms with Gasteiger partial charge in [0.2, 0.25) is 0 Å². The number of likely N-dealkylation sites (tertiary alicyclic amines) is 1. The Morgan fingerprint density at radius 3 is 2.74 bits per heavy atom. The van der Waals surface area contributed by atoms with E-state index >= 15 is 0 Å². The summed E-state index contributed by atoms with van der Waals surface area (Å²) in [6, 6.07) is 8.19. The normalized spacial score (nSPS) is 17.1. The quantitative estimate of drug-likeness (QED) is 0.788. The van der Waals surface area contributed by atoms with Gasteiger partial charge in [0.05, 0.1) is 30.9 Å². The zero-order valence-electron chi connectivity index (χ0n) is 13.7. The Morgan fingerprint density at radius 2 is 1.96 bits per heavy atom. The maximum absolute atomic E-state index is 12.3. The monoisotopic (exact) mass is 319 g/mol. The Kier molecular flexibility index (Phi) is 5.48. The molecule has 0 spiro atoms. The predicted octanol–water partition coefficient (Wildman–Crippen LogP) is 1.63. The lowest BCUT2D eigenvalue weighted by Gasteiger charge is -2.32. The molecule has 0 unspecified atom stereocenters. The first-order valence-corrected chi connectivity index (χ1v) is 8.28. The van der Waals surface area contributed by atoms with Gasteiger partial charge in [0.25, 0.3) is 0 Å². The smallest absolute Gasteiger partial charge is 0.326 e. The average molecular weight is 319 g/mol. The largest absolute Gasteiger partial charge is 0.382 e. The van der Waals surface area contributed by atoms with Crippen molar-refractivity contribution in [2.75, 3.05) is 46.6 Å². The molecule has 1 fully saturated rings. The second kappa shape index (κ2) is 7.77. The molecule has 0 aliphatic carbocycles. The lowest BCUT2D eigenvalue weighted by Crippen LogP contribution is -2.38. The minimum atomic E-state index is 0.00699. The number of imidazole rings is 1. The van der Waals surface area contributed by atoms with Crippen molar-refractivity contribution in [1.29, 1.82) is 0 Å². The van der Waals surface area contributed by atoms with Crippen LogP contribution < -0.4 is 5.69 Å². The lowest BCUT2D eigenvalue weighted by atomic mass is 10.0. The van der Waals surface area contributed by atoms with Crippen molar-refractivity contribution < 1.29 is 9.47 Å². The molecule has 0 bridgehead atoms. The van der Waals surface area contributed by atoms with E-state index in [9.17, 15) is 4.79 Å². The van der Waals surface area contributed by atoms with Crippen LogP contribution in [0.1, 0.15) is 18.9 Å². The molecule has 0 atom stereocenters. The SMILES string of the molecule is COCCOCCN1CCC(n2c(=O)[nH]c3ccccc32)CC1. The van der Waals surface area contributed by atoms with Crippen LogP contribution in [-0.4, -0.2) is 61.0 Å². The van der Waals surface area contributed by atoms with Gasteiger partial charge in [-0.1, -0.05) is 12.1 Å². The molecule has 6 nitrogen and oxygen atoms in total. The molecule has 2 aromatic rings. The average Bonchev–Trinajstić information content (AvgIpc) is 2.91. The number of hydrogen-bond acceptors (Lipinski definition) is 4. The summed E-state index contributed by atoms with van der Waals surface area (Å²) in [5, 5.41) is 0. The van der Waals surface area contributed by atoms with E-state index in [-0.39, 0.29) is 11.7 Å². The molecule has 0 saturated carbocycles. The minimum Gasteiger partial charge on any atom is -0.382 e. The van der Waals surface area contributed by atoms with Gasteiger partial charge in [-0.3, -0.25) is 4.57 Å². The van der Waals surface area contributed by atoms with Gasteiger partial charge in [-0.2, -0.15) is 0 Å². The molecule has 3 rings (SSSR count). The van der Waals surface area contributed by atoms with E-state index in [2.05, 4.69) is 9.88 Å². The van der Waals surface area contributed by atoms with Crippen LogP contribution in [0.25, 0.3) is 11.0 Å². The highest BCUT2D eigenvalue weighted by Crippen LogP contribution is 2.24. The Hall–Kier alpha value is -1.63. The first-order valence-electron chi connectivity index (χ1n) is 8.28. The Balaban J connectivity index is 1.54. The summed E-state index contributed by atoms with van der Waals surface area (Å²) in [6.45, 7) is 4.98. The summed E-state index contributed by atoms with van der Waals surface area (Å²) in [5.41, 5.74) is 1.94. The number of hydrogen-bond donors (Lipinski definition) is 1. The number of piperidine rings is 1. The number of methoxy groups -OCH3 is 1. The number of aromatic nitrogens is 2. The Bertz CT molecular complexity index is 671. The Morgan fingerprint density at radius 1 is 1.17 bits per heavy atom. The number of nitrogens with one attached hydrogen (secondary N) is 1. The second-order valence-electron chi connectivity index (χ2n) is 6.00. The molecule has 2 heterocycles. The summed E-state index contributed by atoms with van der Waals surface area (Å²) in [6.07, 6.45) is 2.00. The van der Waals surface area contributed by atoms with Crippen molar-refractivity contribution >= 4 is 11.0 Å². The van der Waals surface area contributed by atoms with Gasteiger partial charge in [0, 0.05) is 32.8 Å². The number of aromatic amines is 1. The van der Waals surface area contributed by atoms with E-state index in [1.54, 1.807) is 7.11 Å². The first-order chi connectivity index (χ1) is 11.3. The summed E-state index contributed by atoms with van der Waals surface area (Å²) in [5.74, 6) is 0. The third-order valence-electron chi connectivity index (χ3n) is 4.53. The highest BCUT2D eigenvalue weighted by molar-refractivity contribution is 5.75. The Labute approximate surface area is 136 Å². The molecule has 23 heavy (non-hydrogen) atoms. The zero-order valence-corrected chi connectivity index (χ0v) is 13.7. The fourth-order valence-electron chi connectivity index (χ4n) is 3.28. The minimum absolute atomic E-state index is 0.00699. The summed E-state index contributed by atoms with van der Waals surface area (Å²) in [4.78, 5) is 17.6. The van der Waals surface area contributed by atoms with E-state index in [1.165, 1.54) is 0 Å². The molecule has 0 radical (unpaired) electrons. The number of ether oxygens (including phenoxy) is 2. The molecule has 1 aromatic heterocycles. The predicted molar refractivity (Wildman–Crippen MR) is 90.0 cm³/mol. The van der Waals surface area contributed by atoms with E-state index in [1.807, 2.05) is 28.8 Å². The third-order valence-corrected chi connectivity index (χ3v) is 4.53. The number of para-hydroxylation sites is 2. The maximum atomic E-state index is 12.3. The van der Waals surface area contributed by atoms with Crippen LogP contribution in [0, 0.1) is 0 Å². The van der Waals surface area contributed by atoms with Gasteiger partial charge in [0.15, 0.2) is 0 Å². The summed E-state index contributed by atoms with van der Waals surface area (Å²) in [7, 11) is 1.68. The van der Waals surface area contributed by atoms with Gasteiger partial charge in [0.1, 0.15) is 0 Å². The highest BCUT2D eigenvalue weighted by Gasteiger charge is 2.23. The first kappa shape index (κ1) is 16.2. The van der Waals surface area contributed by atoms with Gasteiger partial charge < -0.3 is 19.4 Å². The molecule has 1 aliphatic heterocycles. The fraction of sp³-hybridized carbons (Fsp3) is 0.588. The molecular weight excluding hydrogens is 294 g/mol. The number of rotatable bonds is 7. The van der Waals surface area contributed by atoms with Crippen LogP contribution in [0.15, 0.2) is 29.1 Å². The number of H-pyrrole nitrogens is 1. The fourth-order valence-corrected chi connectivity index (χ4v) is 3.28.